The largest absolute Gasteiger partial charge is 0.494 e. The van der Waals surface area contributed by atoms with Crippen molar-refractivity contribution in [2.45, 2.75) is 49.3 Å². The number of sulfonamides is 1. The maximum absolute atomic E-state index is 12.9. The topological polar surface area (TPSA) is 75.7 Å². The van der Waals surface area contributed by atoms with E-state index < -0.39 is 10.0 Å². The van der Waals surface area contributed by atoms with Crippen LogP contribution < -0.4 is 10.1 Å². The van der Waals surface area contributed by atoms with Crippen LogP contribution in [-0.2, 0) is 21.2 Å². The molecule has 1 aromatic heterocycles. The maximum atomic E-state index is 12.9. The number of rotatable bonds is 9. The molecule has 1 atom stereocenters. The van der Waals surface area contributed by atoms with Crippen molar-refractivity contribution in [3.05, 3.63) is 47.3 Å². The number of hydrogen-bond donors (Lipinski definition) is 1. The SMILES string of the molecule is CCOc1ccc(CC(=O)NCCC2CCCCN2S(=O)(=O)c2cccs2)cc1. The van der Waals surface area contributed by atoms with Crippen LogP contribution in [0.3, 0.4) is 0 Å². The summed E-state index contributed by atoms with van der Waals surface area (Å²) >= 11 is 1.25. The van der Waals surface area contributed by atoms with Crippen LogP contribution in [0.25, 0.3) is 0 Å². The Kier molecular flexibility index (Phi) is 7.69. The van der Waals surface area contributed by atoms with Crippen LogP contribution in [-0.4, -0.2) is 44.4 Å². The van der Waals surface area contributed by atoms with Crippen LogP contribution in [0.2, 0.25) is 0 Å². The number of hydrogen-bond acceptors (Lipinski definition) is 5. The first-order valence-electron chi connectivity index (χ1n) is 10.0. The van der Waals surface area contributed by atoms with Gasteiger partial charge in [-0.05, 0) is 55.3 Å². The standard InChI is InChI=1S/C21H28N2O4S2/c1-2-27-19-10-8-17(9-11-19)16-20(24)22-13-12-18-6-3-4-14-23(18)29(25,26)21-7-5-15-28-21/h5,7-11,15,18H,2-4,6,12-14,16H2,1H3,(H,22,24). The number of amides is 1. The Morgan fingerprint density at radius 1 is 1.24 bits per heavy atom. The maximum Gasteiger partial charge on any atom is 0.252 e. The molecule has 1 fully saturated rings. The summed E-state index contributed by atoms with van der Waals surface area (Å²) in [7, 11) is -3.45. The normalized spacial score (nSPS) is 17.8. The third-order valence-electron chi connectivity index (χ3n) is 5.03. The van der Waals surface area contributed by atoms with Gasteiger partial charge in [0.25, 0.3) is 10.0 Å². The van der Waals surface area contributed by atoms with Crippen LogP contribution in [0.4, 0.5) is 0 Å². The van der Waals surface area contributed by atoms with Gasteiger partial charge in [0.15, 0.2) is 0 Å². The van der Waals surface area contributed by atoms with Crippen molar-refractivity contribution in [2.75, 3.05) is 19.7 Å². The van der Waals surface area contributed by atoms with Crippen LogP contribution in [0.1, 0.15) is 38.2 Å². The molecule has 1 aliphatic rings. The molecule has 2 aromatic rings. The molecule has 1 aliphatic heterocycles. The second-order valence-electron chi connectivity index (χ2n) is 7.09. The van der Waals surface area contributed by atoms with E-state index in [1.807, 2.05) is 31.2 Å². The lowest BCUT2D eigenvalue weighted by molar-refractivity contribution is -0.120. The molecule has 29 heavy (non-hydrogen) atoms. The summed E-state index contributed by atoms with van der Waals surface area (Å²) < 4.78 is 33.2. The van der Waals surface area contributed by atoms with Gasteiger partial charge in [0.05, 0.1) is 13.0 Å². The van der Waals surface area contributed by atoms with Gasteiger partial charge in [0.2, 0.25) is 5.91 Å². The van der Waals surface area contributed by atoms with Crippen LogP contribution in [0.15, 0.2) is 46.0 Å². The van der Waals surface area contributed by atoms with Gasteiger partial charge in [-0.1, -0.05) is 24.6 Å². The van der Waals surface area contributed by atoms with E-state index in [4.69, 9.17) is 4.74 Å². The fourth-order valence-corrected chi connectivity index (χ4v) is 6.44. The summed E-state index contributed by atoms with van der Waals surface area (Å²) in [6, 6.07) is 10.9. The summed E-state index contributed by atoms with van der Waals surface area (Å²) in [5, 5.41) is 4.72. The Balaban J connectivity index is 1.51. The van der Waals surface area contributed by atoms with Crippen molar-refractivity contribution in [1.82, 2.24) is 9.62 Å². The van der Waals surface area contributed by atoms with Crippen LogP contribution >= 0.6 is 11.3 Å². The summed E-state index contributed by atoms with van der Waals surface area (Å²) in [4.78, 5) is 12.3. The van der Waals surface area contributed by atoms with E-state index in [1.54, 1.807) is 21.8 Å². The first kappa shape index (κ1) is 21.8. The predicted molar refractivity (Wildman–Crippen MR) is 115 cm³/mol. The molecule has 3 rings (SSSR count). The third kappa shape index (κ3) is 5.81. The predicted octanol–water partition coefficient (Wildman–Crippen LogP) is 3.44. The van der Waals surface area contributed by atoms with Gasteiger partial charge in [-0.25, -0.2) is 8.42 Å². The monoisotopic (exact) mass is 436 g/mol. The third-order valence-corrected chi connectivity index (χ3v) is 8.35. The molecule has 2 heterocycles. The summed E-state index contributed by atoms with van der Waals surface area (Å²) in [5.74, 6) is 0.735. The fourth-order valence-electron chi connectivity index (χ4n) is 3.60. The molecule has 0 aliphatic carbocycles. The molecule has 1 aromatic carbocycles. The van der Waals surface area contributed by atoms with Crippen molar-refractivity contribution < 1.29 is 17.9 Å². The zero-order valence-corrected chi connectivity index (χ0v) is 18.3. The van der Waals surface area contributed by atoms with Gasteiger partial charge >= 0.3 is 0 Å². The fraction of sp³-hybridized carbons (Fsp3) is 0.476. The van der Waals surface area contributed by atoms with Gasteiger partial charge in [-0.2, -0.15) is 4.31 Å². The van der Waals surface area contributed by atoms with Gasteiger partial charge in [-0.3, -0.25) is 4.79 Å². The lowest BCUT2D eigenvalue weighted by atomic mass is 10.0. The quantitative estimate of drug-likeness (QED) is 0.653. The Morgan fingerprint density at radius 3 is 2.72 bits per heavy atom. The number of thiophene rings is 1. The molecule has 8 heteroatoms. The molecule has 0 spiro atoms. The molecular formula is C21H28N2O4S2. The van der Waals surface area contributed by atoms with E-state index in [2.05, 4.69) is 5.32 Å². The van der Waals surface area contributed by atoms with Gasteiger partial charge < -0.3 is 10.1 Å². The number of piperidine rings is 1. The van der Waals surface area contributed by atoms with Crippen LogP contribution in [0, 0.1) is 0 Å². The summed E-state index contributed by atoms with van der Waals surface area (Å²) in [5.41, 5.74) is 0.922. The molecule has 158 valence electrons. The van der Waals surface area contributed by atoms with Gasteiger partial charge in [0, 0.05) is 19.1 Å². The second kappa shape index (κ2) is 10.2. The molecule has 0 radical (unpaired) electrons. The highest BCUT2D eigenvalue weighted by molar-refractivity contribution is 7.91. The summed E-state index contributed by atoms with van der Waals surface area (Å²) in [6.45, 7) is 3.56. The zero-order chi connectivity index (χ0) is 20.7. The van der Waals surface area contributed by atoms with E-state index in [-0.39, 0.29) is 11.9 Å². The Morgan fingerprint density at radius 2 is 2.03 bits per heavy atom. The lowest BCUT2D eigenvalue weighted by Gasteiger charge is -2.34. The molecule has 1 saturated heterocycles. The first-order chi connectivity index (χ1) is 14.0. The number of benzene rings is 1. The minimum Gasteiger partial charge on any atom is -0.494 e. The van der Waals surface area contributed by atoms with E-state index in [0.717, 1.165) is 30.6 Å². The van der Waals surface area contributed by atoms with E-state index >= 15 is 0 Å². The molecule has 0 saturated carbocycles. The molecule has 1 amide bonds. The van der Waals surface area contributed by atoms with E-state index in [0.29, 0.717) is 36.7 Å². The zero-order valence-electron chi connectivity index (χ0n) is 16.7. The van der Waals surface area contributed by atoms with Crippen molar-refractivity contribution in [3.8, 4) is 5.75 Å². The average molecular weight is 437 g/mol. The smallest absolute Gasteiger partial charge is 0.252 e. The average Bonchev–Trinajstić information content (AvgIpc) is 3.26. The van der Waals surface area contributed by atoms with E-state index in [9.17, 15) is 13.2 Å². The summed E-state index contributed by atoms with van der Waals surface area (Å²) in [6.07, 6.45) is 3.65. The van der Waals surface area contributed by atoms with Crippen LogP contribution in [0.5, 0.6) is 5.75 Å². The van der Waals surface area contributed by atoms with Crippen molar-refractivity contribution >= 4 is 27.3 Å². The van der Waals surface area contributed by atoms with Crippen molar-refractivity contribution in [2.24, 2.45) is 0 Å². The van der Waals surface area contributed by atoms with Crippen molar-refractivity contribution in [1.29, 1.82) is 0 Å². The minimum absolute atomic E-state index is 0.0577. The molecule has 1 N–H and O–H groups in total. The number of ether oxygens (including phenoxy) is 1. The molecular weight excluding hydrogens is 408 g/mol. The molecule has 1 unspecified atom stereocenters. The Labute approximate surface area is 176 Å². The second-order valence-corrected chi connectivity index (χ2v) is 10.2. The lowest BCUT2D eigenvalue weighted by Crippen LogP contribution is -2.45. The Hall–Kier alpha value is -1.90. The molecule has 6 nitrogen and oxygen atoms in total. The first-order valence-corrected chi connectivity index (χ1v) is 12.4. The highest BCUT2D eigenvalue weighted by atomic mass is 32.2. The molecule has 0 bridgehead atoms. The van der Waals surface area contributed by atoms with Crippen molar-refractivity contribution in [3.63, 3.8) is 0 Å². The minimum atomic E-state index is -3.45. The number of carbonyl (C=O) groups is 1. The highest BCUT2D eigenvalue weighted by Crippen LogP contribution is 2.29. The number of nitrogens with zero attached hydrogens (tertiary/aromatic N) is 1. The number of carbonyl (C=O) groups excluding carboxylic acids is 1. The Bertz CT molecular complexity index is 880. The van der Waals surface area contributed by atoms with E-state index in [1.165, 1.54) is 11.3 Å². The van der Waals surface area contributed by atoms with Gasteiger partial charge in [-0.15, -0.1) is 11.3 Å². The highest BCUT2D eigenvalue weighted by Gasteiger charge is 2.33. The van der Waals surface area contributed by atoms with Gasteiger partial charge in [0.1, 0.15) is 9.96 Å². The number of nitrogens with one attached hydrogen (secondary N) is 1.